The van der Waals surface area contributed by atoms with Gasteiger partial charge < -0.3 is 24.6 Å². The number of benzene rings is 2. The van der Waals surface area contributed by atoms with Gasteiger partial charge in [-0.15, -0.1) is 0 Å². The van der Waals surface area contributed by atoms with Crippen LogP contribution in [0.25, 0.3) is 11.1 Å². The Bertz CT molecular complexity index is 1170. The summed E-state index contributed by atoms with van der Waals surface area (Å²) in [6, 6.07) is 11.6. The maximum absolute atomic E-state index is 14.3. The van der Waals surface area contributed by atoms with Crippen LogP contribution < -0.4 is 10.6 Å². The first-order valence-electron chi connectivity index (χ1n) is 11.0. The standard InChI is InChI=1S/C25H26FN3O6/c1-3-7-22-20(13-28-35-22)17-10-18(12-19(26)11-17)23(30)27-14-21(24(31)33-2)29-25(32)34-15-16-8-5-4-6-9-16/h4-6,8-13,21H,3,7,14-15H2,1-2H3,(H,27,30)(H,29,32)/t21-/m1/s1. The Balaban J connectivity index is 1.65. The first-order valence-corrected chi connectivity index (χ1v) is 11.0. The molecule has 0 unspecified atom stereocenters. The van der Waals surface area contributed by atoms with Gasteiger partial charge in [-0.05, 0) is 35.7 Å². The minimum absolute atomic E-state index is 0.00187. The quantitative estimate of drug-likeness (QED) is 0.423. The summed E-state index contributed by atoms with van der Waals surface area (Å²) in [5.41, 5.74) is 1.82. The van der Waals surface area contributed by atoms with E-state index in [9.17, 15) is 18.8 Å². The molecule has 10 heteroatoms. The average molecular weight is 483 g/mol. The van der Waals surface area contributed by atoms with Gasteiger partial charge in [0.05, 0.1) is 13.3 Å². The van der Waals surface area contributed by atoms with Crippen molar-refractivity contribution in [3.8, 4) is 11.1 Å². The van der Waals surface area contributed by atoms with Crippen LogP contribution in [0.1, 0.15) is 35.0 Å². The fourth-order valence-electron chi connectivity index (χ4n) is 3.32. The van der Waals surface area contributed by atoms with Gasteiger partial charge in [0.25, 0.3) is 5.91 Å². The highest BCUT2D eigenvalue weighted by Crippen LogP contribution is 2.26. The molecule has 2 N–H and O–H groups in total. The summed E-state index contributed by atoms with van der Waals surface area (Å²) >= 11 is 0. The highest BCUT2D eigenvalue weighted by Gasteiger charge is 2.24. The topological polar surface area (TPSA) is 120 Å². The number of aryl methyl sites for hydroxylation is 1. The molecule has 0 spiro atoms. The van der Waals surface area contributed by atoms with Crippen molar-refractivity contribution in [2.45, 2.75) is 32.4 Å². The van der Waals surface area contributed by atoms with E-state index in [0.717, 1.165) is 25.2 Å². The number of hydrogen-bond donors (Lipinski definition) is 2. The monoisotopic (exact) mass is 483 g/mol. The number of esters is 1. The molecule has 2 amide bonds. The van der Waals surface area contributed by atoms with E-state index >= 15 is 0 Å². The van der Waals surface area contributed by atoms with Crippen molar-refractivity contribution in [3.05, 3.63) is 77.4 Å². The van der Waals surface area contributed by atoms with E-state index in [0.29, 0.717) is 23.3 Å². The molecule has 3 aromatic rings. The minimum atomic E-state index is -1.21. The van der Waals surface area contributed by atoms with Gasteiger partial charge in [-0.1, -0.05) is 42.4 Å². The van der Waals surface area contributed by atoms with Gasteiger partial charge in [-0.25, -0.2) is 14.0 Å². The van der Waals surface area contributed by atoms with Gasteiger partial charge in [0.1, 0.15) is 24.2 Å². The molecule has 184 valence electrons. The summed E-state index contributed by atoms with van der Waals surface area (Å²) in [6.07, 6.45) is 2.03. The van der Waals surface area contributed by atoms with E-state index in [1.807, 2.05) is 13.0 Å². The number of amides is 2. The van der Waals surface area contributed by atoms with E-state index in [2.05, 4.69) is 15.8 Å². The van der Waals surface area contributed by atoms with Crippen molar-refractivity contribution in [3.63, 3.8) is 0 Å². The molecule has 3 rings (SSSR count). The van der Waals surface area contributed by atoms with Crippen LogP contribution in [0, 0.1) is 5.82 Å². The van der Waals surface area contributed by atoms with Crippen molar-refractivity contribution in [2.75, 3.05) is 13.7 Å². The summed E-state index contributed by atoms with van der Waals surface area (Å²) in [5, 5.41) is 8.65. The molecular weight excluding hydrogens is 457 g/mol. The van der Waals surface area contributed by atoms with Crippen molar-refractivity contribution in [2.24, 2.45) is 0 Å². The number of aromatic nitrogens is 1. The third-order valence-electron chi connectivity index (χ3n) is 5.05. The maximum Gasteiger partial charge on any atom is 0.408 e. The summed E-state index contributed by atoms with van der Waals surface area (Å²) in [5.74, 6) is -1.46. The molecule has 1 aromatic heterocycles. The number of ether oxygens (including phenoxy) is 2. The van der Waals surface area contributed by atoms with E-state index in [1.54, 1.807) is 24.3 Å². The number of nitrogens with zero attached hydrogens (tertiary/aromatic N) is 1. The Morgan fingerprint density at radius 1 is 1.14 bits per heavy atom. The van der Waals surface area contributed by atoms with Crippen LogP contribution in [-0.4, -0.2) is 42.8 Å². The fourth-order valence-corrected chi connectivity index (χ4v) is 3.32. The van der Waals surface area contributed by atoms with Crippen molar-refractivity contribution in [1.29, 1.82) is 0 Å². The molecule has 0 fully saturated rings. The molecule has 1 heterocycles. The number of rotatable bonds is 10. The van der Waals surface area contributed by atoms with Gasteiger partial charge in [-0.2, -0.15) is 0 Å². The Kier molecular flexibility index (Phi) is 8.94. The van der Waals surface area contributed by atoms with Crippen LogP contribution in [0.3, 0.4) is 0 Å². The first kappa shape index (κ1) is 25.4. The van der Waals surface area contributed by atoms with Crippen LogP contribution in [0.15, 0.2) is 59.3 Å². The van der Waals surface area contributed by atoms with E-state index in [4.69, 9.17) is 14.0 Å². The number of carbonyl (C=O) groups excluding carboxylic acids is 3. The molecule has 2 aromatic carbocycles. The summed E-state index contributed by atoms with van der Waals surface area (Å²) in [4.78, 5) is 37.0. The van der Waals surface area contributed by atoms with Crippen LogP contribution >= 0.6 is 0 Å². The Labute approximate surface area is 201 Å². The van der Waals surface area contributed by atoms with E-state index in [1.165, 1.54) is 18.3 Å². The number of alkyl carbamates (subject to hydrolysis) is 1. The molecule has 0 saturated heterocycles. The summed E-state index contributed by atoms with van der Waals surface area (Å²) < 4.78 is 29.3. The smallest absolute Gasteiger partial charge is 0.408 e. The molecule has 0 bridgehead atoms. The number of halogens is 1. The normalized spacial score (nSPS) is 11.4. The second kappa shape index (κ2) is 12.3. The lowest BCUT2D eigenvalue weighted by Crippen LogP contribution is -2.49. The van der Waals surface area contributed by atoms with Crippen molar-refractivity contribution < 1.29 is 32.8 Å². The number of nitrogens with one attached hydrogen (secondary N) is 2. The molecule has 35 heavy (non-hydrogen) atoms. The fraction of sp³-hybridized carbons (Fsp3) is 0.280. The van der Waals surface area contributed by atoms with Crippen LogP contribution in [0.5, 0.6) is 0 Å². The van der Waals surface area contributed by atoms with Crippen LogP contribution in [-0.2, 0) is 27.3 Å². The van der Waals surface area contributed by atoms with E-state index in [-0.39, 0.29) is 18.7 Å². The zero-order valence-corrected chi connectivity index (χ0v) is 19.4. The van der Waals surface area contributed by atoms with Gasteiger partial charge >= 0.3 is 12.1 Å². The summed E-state index contributed by atoms with van der Waals surface area (Å²) in [7, 11) is 1.15. The van der Waals surface area contributed by atoms with Gasteiger partial charge in [-0.3, -0.25) is 4.79 Å². The molecule has 0 aliphatic carbocycles. The van der Waals surface area contributed by atoms with Gasteiger partial charge in [0, 0.05) is 24.1 Å². The van der Waals surface area contributed by atoms with Gasteiger partial charge in [0.2, 0.25) is 0 Å². The summed E-state index contributed by atoms with van der Waals surface area (Å²) in [6.45, 7) is 1.67. The lowest BCUT2D eigenvalue weighted by molar-refractivity contribution is -0.142. The molecule has 1 atom stereocenters. The molecular formula is C25H26FN3O6. The van der Waals surface area contributed by atoms with Crippen LogP contribution in [0.2, 0.25) is 0 Å². The van der Waals surface area contributed by atoms with E-state index < -0.39 is 29.8 Å². The average Bonchev–Trinajstić information content (AvgIpc) is 3.33. The third-order valence-corrected chi connectivity index (χ3v) is 5.05. The highest BCUT2D eigenvalue weighted by atomic mass is 19.1. The Hall–Kier alpha value is -4.21. The zero-order valence-electron chi connectivity index (χ0n) is 19.4. The minimum Gasteiger partial charge on any atom is -0.467 e. The predicted octanol–water partition coefficient (Wildman–Crippen LogP) is 3.63. The van der Waals surface area contributed by atoms with Crippen molar-refractivity contribution >= 4 is 18.0 Å². The molecule has 0 saturated carbocycles. The number of hydrogen-bond acceptors (Lipinski definition) is 7. The number of carbonyl (C=O) groups is 3. The maximum atomic E-state index is 14.3. The molecule has 9 nitrogen and oxygen atoms in total. The SMILES string of the molecule is CCCc1oncc1-c1cc(F)cc(C(=O)NC[C@@H](NC(=O)OCc2ccccc2)C(=O)OC)c1. The number of methoxy groups -OCH3 is 1. The molecule has 0 aliphatic heterocycles. The van der Waals surface area contributed by atoms with Crippen LogP contribution in [0.4, 0.5) is 9.18 Å². The lowest BCUT2D eigenvalue weighted by atomic mass is 10.0. The van der Waals surface area contributed by atoms with Crippen molar-refractivity contribution in [1.82, 2.24) is 15.8 Å². The first-order chi connectivity index (χ1) is 16.9. The predicted molar refractivity (Wildman–Crippen MR) is 124 cm³/mol. The van der Waals surface area contributed by atoms with Gasteiger partial charge in [0.15, 0.2) is 0 Å². The Morgan fingerprint density at radius 3 is 2.63 bits per heavy atom. The second-order valence-electron chi connectivity index (χ2n) is 7.63. The largest absolute Gasteiger partial charge is 0.467 e. The highest BCUT2D eigenvalue weighted by molar-refractivity contribution is 5.96. The molecule has 0 aliphatic rings. The molecule has 0 radical (unpaired) electrons. The lowest BCUT2D eigenvalue weighted by Gasteiger charge is -2.17. The zero-order chi connectivity index (χ0) is 25.2. The Morgan fingerprint density at radius 2 is 1.91 bits per heavy atom. The second-order valence-corrected chi connectivity index (χ2v) is 7.63. The third kappa shape index (κ3) is 7.13.